The zero-order valence-electron chi connectivity index (χ0n) is 14.4. The summed E-state index contributed by atoms with van der Waals surface area (Å²) < 4.78 is 0. The molecule has 1 unspecified atom stereocenters. The molecule has 1 aliphatic heterocycles. The first-order valence-corrected chi connectivity index (χ1v) is 9.11. The maximum atomic E-state index is 4.70. The Kier molecular flexibility index (Phi) is 4.89. The van der Waals surface area contributed by atoms with Crippen LogP contribution in [-0.4, -0.2) is 40.5 Å². The van der Waals surface area contributed by atoms with Crippen LogP contribution in [0.25, 0.3) is 11.0 Å². The summed E-state index contributed by atoms with van der Waals surface area (Å²) in [7, 11) is 0. The molecule has 128 valence electrons. The zero-order chi connectivity index (χ0) is 16.9. The van der Waals surface area contributed by atoms with Crippen molar-refractivity contribution in [1.29, 1.82) is 0 Å². The van der Waals surface area contributed by atoms with Crippen LogP contribution in [0, 0.1) is 0 Å². The van der Waals surface area contributed by atoms with E-state index in [1.807, 2.05) is 30.5 Å². The smallest absolute Gasteiger partial charge is 0.145 e. The van der Waals surface area contributed by atoms with Crippen molar-refractivity contribution >= 4 is 16.9 Å². The van der Waals surface area contributed by atoms with Crippen molar-refractivity contribution in [3.63, 3.8) is 0 Å². The molecule has 0 spiro atoms. The third-order valence-corrected chi connectivity index (χ3v) is 4.87. The van der Waals surface area contributed by atoms with E-state index in [1.165, 1.54) is 24.9 Å². The number of benzene rings is 2. The maximum Gasteiger partial charge on any atom is 0.145 e. The average Bonchev–Trinajstić information content (AvgIpc) is 2.67. The highest BCUT2D eigenvalue weighted by Crippen LogP contribution is 2.17. The number of hydrogen-bond acceptors (Lipinski definition) is 4. The monoisotopic (exact) mass is 332 g/mol. The summed E-state index contributed by atoms with van der Waals surface area (Å²) in [6, 6.07) is 19.2. The molecule has 1 N–H and O–H groups in total. The van der Waals surface area contributed by atoms with Crippen LogP contribution in [0.4, 0.5) is 5.82 Å². The topological polar surface area (TPSA) is 41.0 Å². The van der Waals surface area contributed by atoms with Crippen molar-refractivity contribution in [3.8, 4) is 0 Å². The van der Waals surface area contributed by atoms with Crippen LogP contribution in [0.2, 0.25) is 0 Å². The van der Waals surface area contributed by atoms with Gasteiger partial charge in [-0.1, -0.05) is 42.5 Å². The SMILES string of the molecule is c1ccc(CCN2CCCC(Nc3cnc4ccccc4n3)C2)cc1. The van der Waals surface area contributed by atoms with E-state index in [0.29, 0.717) is 6.04 Å². The van der Waals surface area contributed by atoms with Crippen LogP contribution in [0.1, 0.15) is 18.4 Å². The molecule has 0 bridgehead atoms. The van der Waals surface area contributed by atoms with Crippen molar-refractivity contribution in [2.75, 3.05) is 25.0 Å². The third-order valence-electron chi connectivity index (χ3n) is 4.87. The standard InChI is InChI=1S/C21H24N4/c1-2-7-17(8-3-1)12-14-25-13-6-9-18(16-25)23-21-15-22-19-10-4-5-11-20(19)24-21/h1-5,7-8,10-11,15,18H,6,9,12-14,16H2,(H,23,24). The van der Waals surface area contributed by atoms with Crippen LogP contribution < -0.4 is 5.32 Å². The Morgan fingerprint density at radius 2 is 1.80 bits per heavy atom. The first-order chi connectivity index (χ1) is 12.4. The van der Waals surface area contributed by atoms with Gasteiger partial charge in [0.25, 0.3) is 0 Å². The third kappa shape index (κ3) is 4.15. The van der Waals surface area contributed by atoms with Crippen molar-refractivity contribution < 1.29 is 0 Å². The number of fused-ring (bicyclic) bond motifs is 1. The molecule has 1 fully saturated rings. The summed E-state index contributed by atoms with van der Waals surface area (Å²) in [4.78, 5) is 11.8. The molecule has 4 rings (SSSR count). The Bertz CT molecular complexity index is 818. The van der Waals surface area contributed by atoms with E-state index in [0.717, 1.165) is 36.4 Å². The molecule has 4 heteroatoms. The lowest BCUT2D eigenvalue weighted by Crippen LogP contribution is -2.43. The second-order valence-electron chi connectivity index (χ2n) is 6.76. The molecule has 0 aliphatic carbocycles. The quantitative estimate of drug-likeness (QED) is 0.772. The first-order valence-electron chi connectivity index (χ1n) is 9.11. The number of aromatic nitrogens is 2. The number of anilines is 1. The molecule has 1 saturated heterocycles. The molecule has 0 amide bonds. The maximum absolute atomic E-state index is 4.70. The highest BCUT2D eigenvalue weighted by atomic mass is 15.2. The predicted octanol–water partition coefficient (Wildman–Crippen LogP) is 3.75. The molecule has 1 atom stereocenters. The normalized spacial score (nSPS) is 18.3. The summed E-state index contributed by atoms with van der Waals surface area (Å²) in [6.07, 6.45) is 5.39. The van der Waals surface area contributed by atoms with Crippen molar-refractivity contribution in [1.82, 2.24) is 14.9 Å². The van der Waals surface area contributed by atoms with Gasteiger partial charge in [-0.25, -0.2) is 4.98 Å². The molecule has 3 aromatic rings. The fourth-order valence-corrected chi connectivity index (χ4v) is 3.54. The van der Waals surface area contributed by atoms with E-state index < -0.39 is 0 Å². The van der Waals surface area contributed by atoms with E-state index in [2.05, 4.69) is 45.5 Å². The number of nitrogens with zero attached hydrogens (tertiary/aromatic N) is 3. The number of piperidine rings is 1. The van der Waals surface area contributed by atoms with Gasteiger partial charge in [0.15, 0.2) is 0 Å². The Labute approximate surface area is 148 Å². The van der Waals surface area contributed by atoms with Gasteiger partial charge in [-0.3, -0.25) is 4.98 Å². The van der Waals surface area contributed by atoms with Gasteiger partial charge in [0.05, 0.1) is 17.2 Å². The van der Waals surface area contributed by atoms with Gasteiger partial charge in [-0.2, -0.15) is 0 Å². The number of nitrogens with one attached hydrogen (secondary N) is 1. The number of hydrogen-bond donors (Lipinski definition) is 1. The molecule has 2 aromatic carbocycles. The predicted molar refractivity (Wildman–Crippen MR) is 103 cm³/mol. The summed E-state index contributed by atoms with van der Waals surface area (Å²) in [5.41, 5.74) is 3.31. The van der Waals surface area contributed by atoms with Crippen molar-refractivity contribution in [2.24, 2.45) is 0 Å². The van der Waals surface area contributed by atoms with Crippen LogP contribution >= 0.6 is 0 Å². The molecule has 25 heavy (non-hydrogen) atoms. The molecule has 0 saturated carbocycles. The minimum absolute atomic E-state index is 0.444. The van der Waals surface area contributed by atoms with Gasteiger partial charge in [0, 0.05) is 19.1 Å². The lowest BCUT2D eigenvalue weighted by molar-refractivity contribution is 0.218. The molecule has 1 aromatic heterocycles. The van der Waals surface area contributed by atoms with Crippen LogP contribution in [-0.2, 0) is 6.42 Å². The molecule has 4 nitrogen and oxygen atoms in total. The van der Waals surface area contributed by atoms with E-state index >= 15 is 0 Å². The van der Waals surface area contributed by atoms with Crippen molar-refractivity contribution in [2.45, 2.75) is 25.3 Å². The highest BCUT2D eigenvalue weighted by molar-refractivity contribution is 5.75. The fourth-order valence-electron chi connectivity index (χ4n) is 3.54. The van der Waals surface area contributed by atoms with Gasteiger partial charge >= 0.3 is 0 Å². The lowest BCUT2D eigenvalue weighted by Gasteiger charge is -2.33. The van der Waals surface area contributed by atoms with Gasteiger partial charge in [-0.05, 0) is 43.5 Å². The van der Waals surface area contributed by atoms with Crippen LogP contribution in [0.15, 0.2) is 60.8 Å². The van der Waals surface area contributed by atoms with E-state index in [9.17, 15) is 0 Å². The fraction of sp³-hybridized carbons (Fsp3) is 0.333. The zero-order valence-corrected chi connectivity index (χ0v) is 14.4. The molecular formula is C21H24N4. The summed E-state index contributed by atoms with van der Waals surface area (Å²) in [5, 5.41) is 3.59. The van der Waals surface area contributed by atoms with E-state index in [1.54, 1.807) is 0 Å². The minimum Gasteiger partial charge on any atom is -0.365 e. The summed E-state index contributed by atoms with van der Waals surface area (Å²) in [5.74, 6) is 0.883. The Morgan fingerprint density at radius 3 is 2.68 bits per heavy atom. The van der Waals surface area contributed by atoms with Gasteiger partial charge in [-0.15, -0.1) is 0 Å². The Hall–Kier alpha value is -2.46. The van der Waals surface area contributed by atoms with Crippen molar-refractivity contribution in [3.05, 3.63) is 66.4 Å². The van der Waals surface area contributed by atoms with Gasteiger partial charge in [0.2, 0.25) is 0 Å². The molecule has 0 radical (unpaired) electrons. The van der Waals surface area contributed by atoms with E-state index in [4.69, 9.17) is 4.98 Å². The molecular weight excluding hydrogens is 308 g/mol. The van der Waals surface area contributed by atoms with Crippen LogP contribution in [0.5, 0.6) is 0 Å². The Morgan fingerprint density at radius 1 is 1.00 bits per heavy atom. The lowest BCUT2D eigenvalue weighted by atomic mass is 10.0. The summed E-state index contributed by atoms with van der Waals surface area (Å²) in [6.45, 7) is 3.38. The van der Waals surface area contributed by atoms with E-state index in [-0.39, 0.29) is 0 Å². The Balaban J connectivity index is 1.35. The second kappa shape index (κ2) is 7.62. The van der Waals surface area contributed by atoms with Gasteiger partial charge < -0.3 is 10.2 Å². The number of para-hydroxylation sites is 2. The highest BCUT2D eigenvalue weighted by Gasteiger charge is 2.20. The minimum atomic E-state index is 0.444. The molecule has 2 heterocycles. The second-order valence-corrected chi connectivity index (χ2v) is 6.76. The first kappa shape index (κ1) is 16.0. The largest absolute Gasteiger partial charge is 0.365 e. The van der Waals surface area contributed by atoms with Crippen LogP contribution in [0.3, 0.4) is 0 Å². The molecule has 1 aliphatic rings. The van der Waals surface area contributed by atoms with Gasteiger partial charge in [0.1, 0.15) is 5.82 Å². The number of rotatable bonds is 5. The summed E-state index contributed by atoms with van der Waals surface area (Å²) >= 11 is 0. The average molecular weight is 332 g/mol. The number of likely N-dealkylation sites (tertiary alicyclic amines) is 1.